The number of aromatic nitrogens is 2. The van der Waals surface area contributed by atoms with Crippen LogP contribution in [0.1, 0.15) is 42.0 Å². The highest BCUT2D eigenvalue weighted by atomic mass is 19.1. The zero-order chi connectivity index (χ0) is 24.2. The second-order valence-corrected chi connectivity index (χ2v) is 9.06. The molecule has 2 fully saturated rings. The Morgan fingerprint density at radius 2 is 1.97 bits per heavy atom. The van der Waals surface area contributed by atoms with Gasteiger partial charge in [-0.1, -0.05) is 0 Å². The van der Waals surface area contributed by atoms with E-state index in [2.05, 4.69) is 20.6 Å². The number of barbiturate groups is 1. The number of ether oxygens (including phenoxy) is 1. The number of urea groups is 1. The molecule has 10 nitrogen and oxygen atoms in total. The van der Waals surface area contributed by atoms with E-state index in [1.54, 1.807) is 30.3 Å². The van der Waals surface area contributed by atoms with Crippen molar-refractivity contribution in [2.45, 2.75) is 51.4 Å². The van der Waals surface area contributed by atoms with Crippen LogP contribution in [0.3, 0.4) is 0 Å². The largest absolute Gasteiger partial charge is 0.372 e. The van der Waals surface area contributed by atoms with E-state index in [9.17, 15) is 19.2 Å². The van der Waals surface area contributed by atoms with Crippen LogP contribution in [-0.2, 0) is 27.2 Å². The highest BCUT2D eigenvalue weighted by Crippen LogP contribution is 2.47. The summed E-state index contributed by atoms with van der Waals surface area (Å²) in [5.41, 5.74) is -0.960. The van der Waals surface area contributed by atoms with Gasteiger partial charge in [0, 0.05) is 43.8 Å². The molecular weight excluding hydrogens is 445 g/mol. The molecule has 2 saturated heterocycles. The number of fused-ring (bicyclic) bond motifs is 4. The zero-order valence-electron chi connectivity index (χ0n) is 18.7. The summed E-state index contributed by atoms with van der Waals surface area (Å²) in [5, 5.41) is 4.38. The number of aromatic amines is 1. The Hall–Kier alpha value is -3.60. The maximum absolute atomic E-state index is 15.5. The van der Waals surface area contributed by atoms with E-state index in [-0.39, 0.29) is 42.5 Å². The third-order valence-electron chi connectivity index (χ3n) is 6.82. The van der Waals surface area contributed by atoms with E-state index in [0.717, 1.165) is 0 Å². The normalized spacial score (nSPS) is 25.4. The Bertz CT molecular complexity index is 1180. The lowest BCUT2D eigenvalue weighted by Crippen LogP contribution is -2.75. The number of imide groups is 2. The lowest BCUT2D eigenvalue weighted by Gasteiger charge is -2.55. The minimum Gasteiger partial charge on any atom is -0.372 e. The molecule has 11 heteroatoms. The highest BCUT2D eigenvalue weighted by Gasteiger charge is 2.63. The van der Waals surface area contributed by atoms with Crippen molar-refractivity contribution in [3.63, 3.8) is 0 Å². The summed E-state index contributed by atoms with van der Waals surface area (Å²) in [7, 11) is 0. The van der Waals surface area contributed by atoms with Gasteiger partial charge in [-0.15, -0.1) is 0 Å². The topological polar surface area (TPSA) is 133 Å². The van der Waals surface area contributed by atoms with Crippen LogP contribution in [0.5, 0.6) is 0 Å². The first-order valence-corrected chi connectivity index (χ1v) is 11.1. The van der Waals surface area contributed by atoms with Crippen molar-refractivity contribution in [3.8, 4) is 0 Å². The molecule has 178 valence electrons. The Balaban J connectivity index is 1.57. The number of imidazole rings is 1. The van der Waals surface area contributed by atoms with Crippen molar-refractivity contribution in [2.24, 2.45) is 5.41 Å². The summed E-state index contributed by atoms with van der Waals surface area (Å²) < 4.78 is 21.5. The number of Topliss-reactive ketones (excluding diaryl/α,β-unsaturated/α-hetero) is 1. The average Bonchev–Trinajstić information content (AvgIpc) is 3.28. The molecule has 0 unspecified atom stereocenters. The van der Waals surface area contributed by atoms with E-state index in [4.69, 9.17) is 4.74 Å². The number of rotatable bonds is 4. The van der Waals surface area contributed by atoms with Crippen molar-refractivity contribution in [1.29, 1.82) is 0 Å². The molecule has 0 radical (unpaired) electrons. The van der Waals surface area contributed by atoms with Crippen LogP contribution in [0.2, 0.25) is 0 Å². The first-order valence-electron chi connectivity index (χ1n) is 11.1. The molecule has 4 amide bonds. The maximum atomic E-state index is 15.5. The van der Waals surface area contributed by atoms with Gasteiger partial charge in [0.25, 0.3) is 0 Å². The first-order chi connectivity index (χ1) is 16.2. The third-order valence-corrected chi connectivity index (χ3v) is 6.82. The monoisotopic (exact) mass is 469 g/mol. The predicted molar refractivity (Wildman–Crippen MR) is 117 cm³/mol. The van der Waals surface area contributed by atoms with E-state index in [1.165, 1.54) is 6.07 Å². The van der Waals surface area contributed by atoms with Crippen LogP contribution in [-0.4, -0.2) is 58.4 Å². The zero-order valence-corrected chi connectivity index (χ0v) is 18.7. The van der Waals surface area contributed by atoms with Crippen LogP contribution < -0.4 is 15.5 Å². The number of carbonyl (C=O) groups excluding carboxylic acids is 4. The molecule has 1 aromatic heterocycles. The predicted octanol–water partition coefficient (Wildman–Crippen LogP) is 1.25. The molecular formula is C23H24FN5O5. The number of halogens is 1. The average molecular weight is 469 g/mol. The number of benzene rings is 1. The summed E-state index contributed by atoms with van der Waals surface area (Å²) in [4.78, 5) is 59.7. The van der Waals surface area contributed by atoms with Gasteiger partial charge in [-0.05, 0) is 31.5 Å². The number of hydrogen-bond acceptors (Lipinski definition) is 7. The Kier molecular flexibility index (Phi) is 5.23. The fraction of sp³-hybridized carbons (Fsp3) is 0.435. The SMILES string of the molecule is C[C@@H]1CN2c3c(F)cc(C(=O)CCc4ncc[nH]4)cc3CC3(C(=O)NC(=O)NC3=O)[C@H]2[C@H](C)O1. The summed E-state index contributed by atoms with van der Waals surface area (Å²) in [6, 6.07) is 1.01. The minimum atomic E-state index is -1.72. The lowest BCUT2D eigenvalue weighted by molar-refractivity contribution is -0.153. The van der Waals surface area contributed by atoms with Gasteiger partial charge >= 0.3 is 6.03 Å². The van der Waals surface area contributed by atoms with Crippen LogP contribution in [0.15, 0.2) is 24.5 Å². The Labute approximate surface area is 194 Å². The first kappa shape index (κ1) is 22.2. The third kappa shape index (κ3) is 3.38. The van der Waals surface area contributed by atoms with Gasteiger partial charge in [0.05, 0.1) is 23.9 Å². The number of amides is 4. The molecule has 3 aliphatic rings. The molecule has 2 aromatic rings. The molecule has 3 aliphatic heterocycles. The van der Waals surface area contributed by atoms with Crippen molar-refractivity contribution in [1.82, 2.24) is 20.6 Å². The molecule has 5 rings (SSSR count). The number of carbonyl (C=O) groups is 4. The van der Waals surface area contributed by atoms with Crippen LogP contribution in [0, 0.1) is 11.2 Å². The van der Waals surface area contributed by atoms with Gasteiger partial charge in [0.15, 0.2) is 11.2 Å². The van der Waals surface area contributed by atoms with E-state index >= 15 is 4.39 Å². The van der Waals surface area contributed by atoms with Gasteiger partial charge in [-0.3, -0.25) is 25.0 Å². The van der Waals surface area contributed by atoms with Gasteiger partial charge in [-0.2, -0.15) is 0 Å². The number of anilines is 1. The maximum Gasteiger partial charge on any atom is 0.328 e. The number of H-pyrrole nitrogens is 1. The number of nitrogens with zero attached hydrogens (tertiary/aromatic N) is 2. The molecule has 0 bridgehead atoms. The Morgan fingerprint density at radius 3 is 2.65 bits per heavy atom. The number of hydrogen-bond donors (Lipinski definition) is 3. The summed E-state index contributed by atoms with van der Waals surface area (Å²) in [6.07, 6.45) is 2.65. The van der Waals surface area contributed by atoms with Gasteiger partial charge < -0.3 is 14.6 Å². The summed E-state index contributed by atoms with van der Waals surface area (Å²) >= 11 is 0. The molecule has 3 atom stereocenters. The fourth-order valence-electron chi connectivity index (χ4n) is 5.51. The molecule has 3 N–H and O–H groups in total. The molecule has 34 heavy (non-hydrogen) atoms. The van der Waals surface area contributed by atoms with Crippen LogP contribution >= 0.6 is 0 Å². The number of aryl methyl sites for hydroxylation is 1. The highest BCUT2D eigenvalue weighted by molar-refractivity contribution is 6.20. The second-order valence-electron chi connectivity index (χ2n) is 9.06. The number of morpholine rings is 1. The van der Waals surface area contributed by atoms with Crippen molar-refractivity contribution in [2.75, 3.05) is 11.4 Å². The fourth-order valence-corrected chi connectivity index (χ4v) is 5.51. The van der Waals surface area contributed by atoms with Gasteiger partial charge in [0.2, 0.25) is 11.8 Å². The van der Waals surface area contributed by atoms with Crippen molar-refractivity contribution < 1.29 is 28.3 Å². The second kappa shape index (κ2) is 8.01. The smallest absolute Gasteiger partial charge is 0.328 e. The van der Waals surface area contributed by atoms with Crippen LogP contribution in [0.4, 0.5) is 14.9 Å². The van der Waals surface area contributed by atoms with E-state index < -0.39 is 41.2 Å². The molecule has 1 spiro atoms. The molecule has 1 aromatic carbocycles. The molecule has 0 aliphatic carbocycles. The van der Waals surface area contributed by atoms with Gasteiger partial charge in [0.1, 0.15) is 11.6 Å². The standard InChI is InChI=1S/C23H24FN5O5/c1-11-10-29-18-14(7-13(8-15(18)24)16(30)3-4-17-25-5-6-26-17)9-23(19(29)12(2)34-11)20(31)27-22(33)28-21(23)32/h5-8,11-12,19H,3-4,9-10H2,1-2H3,(H,25,26)(H2,27,28,31,32,33)/t11-,12+,19-/m1/s1. The lowest BCUT2D eigenvalue weighted by atomic mass is 9.66. The summed E-state index contributed by atoms with van der Waals surface area (Å²) in [6.45, 7) is 3.78. The Morgan fingerprint density at radius 1 is 1.24 bits per heavy atom. The minimum absolute atomic E-state index is 0.112. The summed E-state index contributed by atoms with van der Waals surface area (Å²) in [5.74, 6) is -1.77. The quantitative estimate of drug-likeness (QED) is 0.453. The number of ketones is 1. The number of nitrogens with one attached hydrogen (secondary N) is 3. The van der Waals surface area contributed by atoms with E-state index in [0.29, 0.717) is 17.8 Å². The van der Waals surface area contributed by atoms with Crippen molar-refractivity contribution >= 4 is 29.3 Å². The van der Waals surface area contributed by atoms with Crippen LogP contribution in [0.25, 0.3) is 0 Å². The molecule has 4 heterocycles. The van der Waals surface area contributed by atoms with Gasteiger partial charge in [-0.25, -0.2) is 14.2 Å². The van der Waals surface area contributed by atoms with E-state index in [1.807, 2.05) is 6.92 Å². The van der Waals surface area contributed by atoms with Crippen molar-refractivity contribution in [3.05, 3.63) is 47.3 Å². The molecule has 0 saturated carbocycles.